The highest BCUT2D eigenvalue weighted by molar-refractivity contribution is 5.87. The van der Waals surface area contributed by atoms with Gasteiger partial charge in [0, 0.05) is 11.1 Å². The van der Waals surface area contributed by atoms with Gasteiger partial charge in [0.25, 0.3) is 0 Å². The van der Waals surface area contributed by atoms with E-state index in [9.17, 15) is 0 Å². The number of nitrogens with zero attached hydrogens (tertiary/aromatic N) is 4. The largest absolute Gasteiger partial charge is 0.249 e. The van der Waals surface area contributed by atoms with E-state index >= 15 is 0 Å². The second kappa shape index (κ2) is 12.9. The smallest absolute Gasteiger partial charge is 0.0929 e. The Bertz CT molecular complexity index is 2080. The first-order chi connectivity index (χ1) is 22.4. The van der Waals surface area contributed by atoms with Crippen LogP contribution in [-0.2, 0) is 0 Å². The van der Waals surface area contributed by atoms with Gasteiger partial charge in [0.1, 0.15) is 0 Å². The lowest BCUT2D eigenvalue weighted by Crippen LogP contribution is -2.02. The fourth-order valence-electron chi connectivity index (χ4n) is 6.81. The predicted octanol–water partition coefficient (Wildman–Crippen LogP) is 11.5. The van der Waals surface area contributed by atoms with Crippen LogP contribution in [0.3, 0.4) is 0 Å². The summed E-state index contributed by atoms with van der Waals surface area (Å²) >= 11 is 0. The zero-order valence-corrected chi connectivity index (χ0v) is 32.1. The molecule has 2 aromatic heterocycles. The molecule has 0 unspecified atom stereocenters. The highest BCUT2D eigenvalue weighted by atomic mass is 14.8. The van der Waals surface area contributed by atoms with Crippen molar-refractivity contribution < 1.29 is 0 Å². The SMILES string of the molecule is Cc1cc(-c2nc3c(C)c(C)c(C)c(C)c3nc2C)cc(C)c1C.Cc1cc(-c2nc3c(C)c(C)c(C)c(C)c3nc2C)cc(C)c1C. The first-order valence-electron chi connectivity index (χ1n) is 17.1. The van der Waals surface area contributed by atoms with Crippen molar-refractivity contribution in [2.24, 2.45) is 0 Å². The van der Waals surface area contributed by atoms with E-state index < -0.39 is 0 Å². The van der Waals surface area contributed by atoms with Gasteiger partial charge < -0.3 is 0 Å². The Labute approximate surface area is 288 Å². The lowest BCUT2D eigenvalue weighted by atomic mass is 9.95. The highest BCUT2D eigenvalue weighted by Crippen LogP contribution is 2.33. The molecule has 0 aliphatic heterocycles. The Kier molecular flexibility index (Phi) is 9.36. The normalized spacial score (nSPS) is 11.3. The maximum absolute atomic E-state index is 5.06. The molecule has 4 aromatic carbocycles. The highest BCUT2D eigenvalue weighted by Gasteiger charge is 2.17. The Hall–Kier alpha value is -4.44. The number of rotatable bonds is 2. The summed E-state index contributed by atoms with van der Waals surface area (Å²) in [6.45, 7) is 34.5. The van der Waals surface area contributed by atoms with E-state index in [2.05, 4.69) is 135 Å². The number of fused-ring (bicyclic) bond motifs is 2. The molecule has 0 N–H and O–H groups in total. The zero-order chi connectivity index (χ0) is 35.5. The number of aromatic nitrogens is 4. The molecule has 0 fully saturated rings. The van der Waals surface area contributed by atoms with Crippen molar-refractivity contribution in [3.8, 4) is 22.5 Å². The van der Waals surface area contributed by atoms with Crippen LogP contribution >= 0.6 is 0 Å². The summed E-state index contributed by atoms with van der Waals surface area (Å²) in [5.74, 6) is 0. The molecule has 0 saturated carbocycles. The standard InChI is InChI=1S/2C22H26N2/c2*1-11-9-19(10-12(2)13(11)3)22-18(8)23-20-16(6)14(4)15(5)17(7)21(20)24-22/h2*9-10H,1-8H3. The molecule has 0 saturated heterocycles. The maximum atomic E-state index is 5.06. The minimum atomic E-state index is 0.996. The molecule has 0 atom stereocenters. The third kappa shape index (κ3) is 5.91. The van der Waals surface area contributed by atoms with E-state index in [-0.39, 0.29) is 0 Å². The summed E-state index contributed by atoms with van der Waals surface area (Å²) in [6, 6.07) is 8.92. The van der Waals surface area contributed by atoms with Gasteiger partial charge in [-0.2, -0.15) is 0 Å². The van der Waals surface area contributed by atoms with E-state index in [0.29, 0.717) is 0 Å². The summed E-state index contributed by atoms with van der Waals surface area (Å²) in [6.07, 6.45) is 0. The van der Waals surface area contributed by atoms with Crippen LogP contribution in [0.1, 0.15) is 89.3 Å². The van der Waals surface area contributed by atoms with Crippen molar-refractivity contribution in [3.63, 3.8) is 0 Å². The monoisotopic (exact) mass is 636 g/mol. The minimum absolute atomic E-state index is 0.996. The third-order valence-electron chi connectivity index (χ3n) is 11.3. The summed E-state index contributed by atoms with van der Waals surface area (Å²) < 4.78 is 0. The molecule has 248 valence electrons. The Morgan fingerprint density at radius 1 is 0.271 bits per heavy atom. The Morgan fingerprint density at radius 3 is 0.750 bits per heavy atom. The van der Waals surface area contributed by atoms with E-state index in [1.807, 2.05) is 0 Å². The van der Waals surface area contributed by atoms with E-state index in [4.69, 9.17) is 19.9 Å². The quantitative estimate of drug-likeness (QED) is 0.190. The summed E-state index contributed by atoms with van der Waals surface area (Å²) in [4.78, 5) is 20.0. The van der Waals surface area contributed by atoms with Gasteiger partial charge in [0.05, 0.1) is 44.8 Å². The average molecular weight is 637 g/mol. The third-order valence-corrected chi connectivity index (χ3v) is 11.3. The molecule has 2 heterocycles. The fraction of sp³-hybridized carbons (Fsp3) is 0.364. The van der Waals surface area contributed by atoms with Crippen molar-refractivity contribution in [2.45, 2.75) is 111 Å². The molecule has 0 aliphatic rings. The van der Waals surface area contributed by atoms with Crippen molar-refractivity contribution in [3.05, 3.63) is 114 Å². The van der Waals surface area contributed by atoms with Gasteiger partial charge in [-0.15, -0.1) is 0 Å². The summed E-state index contributed by atoms with van der Waals surface area (Å²) in [7, 11) is 0. The maximum Gasteiger partial charge on any atom is 0.0929 e. The second-order valence-corrected chi connectivity index (χ2v) is 14.2. The molecule has 0 amide bonds. The number of hydrogen-bond donors (Lipinski definition) is 0. The molecule has 48 heavy (non-hydrogen) atoms. The van der Waals surface area contributed by atoms with Gasteiger partial charge in [0.2, 0.25) is 0 Å². The van der Waals surface area contributed by atoms with Gasteiger partial charge in [-0.1, -0.05) is 0 Å². The molecule has 0 aliphatic carbocycles. The van der Waals surface area contributed by atoms with Gasteiger partial charge in [-0.25, -0.2) is 19.9 Å². The molecule has 6 aromatic rings. The van der Waals surface area contributed by atoms with Crippen LogP contribution in [0.5, 0.6) is 0 Å². The molecule has 6 rings (SSSR count). The van der Waals surface area contributed by atoms with Crippen LogP contribution in [-0.4, -0.2) is 19.9 Å². The van der Waals surface area contributed by atoms with Crippen LogP contribution in [0.4, 0.5) is 0 Å². The fourth-order valence-corrected chi connectivity index (χ4v) is 6.81. The Morgan fingerprint density at radius 2 is 0.500 bits per heavy atom. The van der Waals surface area contributed by atoms with Crippen molar-refractivity contribution in [1.29, 1.82) is 0 Å². The van der Waals surface area contributed by atoms with Gasteiger partial charge in [-0.05, 0) is 213 Å². The minimum Gasteiger partial charge on any atom is -0.249 e. The number of hydrogen-bond acceptors (Lipinski definition) is 4. The van der Waals surface area contributed by atoms with Gasteiger partial charge in [0.15, 0.2) is 0 Å². The lowest BCUT2D eigenvalue weighted by Gasteiger charge is -2.16. The summed E-state index contributed by atoms with van der Waals surface area (Å²) in [5.41, 5.74) is 28.6. The van der Waals surface area contributed by atoms with Crippen LogP contribution in [0, 0.1) is 111 Å². The van der Waals surface area contributed by atoms with Crippen molar-refractivity contribution >= 4 is 22.1 Å². The topological polar surface area (TPSA) is 51.6 Å². The zero-order valence-electron chi connectivity index (χ0n) is 32.1. The molecule has 0 spiro atoms. The predicted molar refractivity (Wildman–Crippen MR) is 206 cm³/mol. The van der Waals surface area contributed by atoms with E-state index in [1.165, 1.54) is 77.9 Å². The molecular weight excluding hydrogens is 585 g/mol. The van der Waals surface area contributed by atoms with Crippen molar-refractivity contribution in [1.82, 2.24) is 19.9 Å². The lowest BCUT2D eigenvalue weighted by molar-refractivity contribution is 1.14. The molecule has 4 heteroatoms. The van der Waals surface area contributed by atoms with Crippen LogP contribution < -0.4 is 0 Å². The van der Waals surface area contributed by atoms with Crippen LogP contribution in [0.25, 0.3) is 44.6 Å². The average Bonchev–Trinajstić information content (AvgIpc) is 3.05. The molecular formula is C44H52N4. The van der Waals surface area contributed by atoms with Crippen LogP contribution in [0.15, 0.2) is 24.3 Å². The van der Waals surface area contributed by atoms with E-state index in [0.717, 1.165) is 56.0 Å². The first kappa shape index (κ1) is 34.9. The van der Waals surface area contributed by atoms with Gasteiger partial charge in [-0.3, -0.25) is 0 Å². The number of benzene rings is 4. The first-order valence-corrected chi connectivity index (χ1v) is 17.1. The molecule has 4 nitrogen and oxygen atoms in total. The molecule has 0 bridgehead atoms. The van der Waals surface area contributed by atoms with Crippen molar-refractivity contribution in [2.75, 3.05) is 0 Å². The molecule has 0 radical (unpaired) electrons. The van der Waals surface area contributed by atoms with Gasteiger partial charge >= 0.3 is 0 Å². The van der Waals surface area contributed by atoms with Crippen LogP contribution in [0.2, 0.25) is 0 Å². The number of aryl methyl sites for hydroxylation is 10. The van der Waals surface area contributed by atoms with E-state index in [1.54, 1.807) is 0 Å². The summed E-state index contributed by atoms with van der Waals surface area (Å²) in [5, 5.41) is 0. The second-order valence-electron chi connectivity index (χ2n) is 14.2. The Balaban J connectivity index is 0.000000188.